The molecule has 1 N–H and O–H groups in total. The summed E-state index contributed by atoms with van der Waals surface area (Å²) in [6.07, 6.45) is 5.22. The van der Waals surface area contributed by atoms with E-state index in [9.17, 15) is 0 Å². The first-order valence-electron chi connectivity index (χ1n) is 7.58. The molecule has 1 aliphatic carbocycles. The largest absolute Gasteiger partial charge is 0.305 e. The molecule has 3 heteroatoms. The Labute approximate surface area is 122 Å². The van der Waals surface area contributed by atoms with Gasteiger partial charge in [0.15, 0.2) is 0 Å². The highest BCUT2D eigenvalue weighted by atomic mass is 32.1. The van der Waals surface area contributed by atoms with Crippen molar-refractivity contribution in [2.75, 3.05) is 6.54 Å². The molecule has 19 heavy (non-hydrogen) atoms. The zero-order chi connectivity index (χ0) is 14.1. The maximum Gasteiger partial charge on any atom is 0.113 e. The Morgan fingerprint density at radius 3 is 2.68 bits per heavy atom. The van der Waals surface area contributed by atoms with Gasteiger partial charge in [0.2, 0.25) is 0 Å². The normalized spacial score (nSPS) is 28.6. The maximum atomic E-state index is 4.84. The summed E-state index contributed by atoms with van der Waals surface area (Å²) in [5.41, 5.74) is 1.59. The second kappa shape index (κ2) is 5.53. The summed E-state index contributed by atoms with van der Waals surface area (Å²) in [7, 11) is 0. The fourth-order valence-electron chi connectivity index (χ4n) is 3.76. The first-order chi connectivity index (χ1) is 8.90. The molecule has 0 aliphatic heterocycles. The Morgan fingerprint density at radius 1 is 1.42 bits per heavy atom. The van der Waals surface area contributed by atoms with Crippen LogP contribution >= 0.6 is 11.3 Å². The van der Waals surface area contributed by atoms with Crippen LogP contribution < -0.4 is 5.32 Å². The van der Waals surface area contributed by atoms with E-state index in [0.29, 0.717) is 11.3 Å². The second-order valence-corrected chi connectivity index (χ2v) is 7.82. The van der Waals surface area contributed by atoms with Crippen molar-refractivity contribution in [3.8, 4) is 0 Å². The lowest BCUT2D eigenvalue weighted by molar-refractivity contribution is 0.0489. The summed E-state index contributed by atoms with van der Waals surface area (Å²) in [4.78, 5) is 4.84. The number of aromatic nitrogens is 1. The number of thiazole rings is 1. The van der Waals surface area contributed by atoms with Gasteiger partial charge in [0.25, 0.3) is 0 Å². The number of hydrogen-bond donors (Lipinski definition) is 1. The summed E-state index contributed by atoms with van der Waals surface area (Å²) in [6.45, 7) is 12.5. The zero-order valence-electron chi connectivity index (χ0n) is 13.0. The molecule has 1 aliphatic rings. The molecule has 2 unspecified atom stereocenters. The van der Waals surface area contributed by atoms with E-state index >= 15 is 0 Å². The van der Waals surface area contributed by atoms with Crippen LogP contribution in [0.4, 0.5) is 0 Å². The van der Waals surface area contributed by atoms with Crippen molar-refractivity contribution in [3.05, 3.63) is 16.1 Å². The molecule has 0 amide bonds. The Balaban J connectivity index is 2.45. The van der Waals surface area contributed by atoms with Gasteiger partial charge in [-0.15, -0.1) is 11.3 Å². The van der Waals surface area contributed by atoms with Gasteiger partial charge in [-0.05, 0) is 37.6 Å². The number of hydrogen-bond acceptors (Lipinski definition) is 3. The van der Waals surface area contributed by atoms with Crippen LogP contribution in [0.25, 0.3) is 0 Å². The molecule has 0 spiro atoms. The predicted octanol–water partition coefficient (Wildman–Crippen LogP) is 4.49. The third kappa shape index (κ3) is 2.87. The topological polar surface area (TPSA) is 24.9 Å². The van der Waals surface area contributed by atoms with Crippen LogP contribution in [0.2, 0.25) is 0 Å². The van der Waals surface area contributed by atoms with Gasteiger partial charge in [-0.25, -0.2) is 4.98 Å². The standard InChI is InChI=1S/C16H28N2S/c1-6-17-16(14-18-12(2)11-19-14)10-8-7-9-13(16)15(3,4)5/h11,13,17H,6-10H2,1-5H3. The van der Waals surface area contributed by atoms with Gasteiger partial charge in [0.05, 0.1) is 5.54 Å². The fraction of sp³-hybridized carbons (Fsp3) is 0.812. The van der Waals surface area contributed by atoms with Gasteiger partial charge in [0, 0.05) is 11.1 Å². The van der Waals surface area contributed by atoms with E-state index in [4.69, 9.17) is 4.98 Å². The minimum Gasteiger partial charge on any atom is -0.305 e. The van der Waals surface area contributed by atoms with Gasteiger partial charge >= 0.3 is 0 Å². The van der Waals surface area contributed by atoms with Crippen molar-refractivity contribution < 1.29 is 0 Å². The smallest absolute Gasteiger partial charge is 0.113 e. The average Bonchev–Trinajstić information content (AvgIpc) is 2.76. The van der Waals surface area contributed by atoms with Crippen molar-refractivity contribution in [1.82, 2.24) is 10.3 Å². The molecular weight excluding hydrogens is 252 g/mol. The maximum absolute atomic E-state index is 4.84. The highest BCUT2D eigenvalue weighted by Crippen LogP contribution is 2.50. The average molecular weight is 280 g/mol. The SMILES string of the molecule is CCNC1(c2nc(C)cs2)CCCCC1C(C)(C)C. The van der Waals surface area contributed by atoms with Crippen LogP contribution in [0, 0.1) is 18.3 Å². The minimum absolute atomic E-state index is 0.101. The van der Waals surface area contributed by atoms with Crippen molar-refractivity contribution in [2.24, 2.45) is 11.3 Å². The number of rotatable bonds is 3. The van der Waals surface area contributed by atoms with Crippen molar-refractivity contribution >= 4 is 11.3 Å². The van der Waals surface area contributed by atoms with Crippen LogP contribution in [0.3, 0.4) is 0 Å². The van der Waals surface area contributed by atoms with E-state index in [1.54, 1.807) is 0 Å². The quantitative estimate of drug-likeness (QED) is 0.882. The van der Waals surface area contributed by atoms with Crippen LogP contribution in [0.15, 0.2) is 5.38 Å². The van der Waals surface area contributed by atoms with E-state index in [1.165, 1.54) is 30.7 Å². The fourth-order valence-corrected chi connectivity index (χ4v) is 4.82. The van der Waals surface area contributed by atoms with E-state index in [1.807, 2.05) is 11.3 Å². The Hall–Kier alpha value is -0.410. The number of nitrogens with zero attached hydrogens (tertiary/aromatic N) is 1. The molecule has 2 rings (SSSR count). The van der Waals surface area contributed by atoms with Gasteiger partial charge < -0.3 is 5.32 Å². The molecule has 1 heterocycles. The molecule has 0 radical (unpaired) electrons. The highest BCUT2D eigenvalue weighted by molar-refractivity contribution is 7.09. The lowest BCUT2D eigenvalue weighted by atomic mass is 9.62. The van der Waals surface area contributed by atoms with Crippen LogP contribution in [0.5, 0.6) is 0 Å². The molecule has 1 fully saturated rings. The Kier molecular flexibility index (Phi) is 4.36. The molecule has 2 nitrogen and oxygen atoms in total. The van der Waals surface area contributed by atoms with Gasteiger partial charge in [-0.3, -0.25) is 0 Å². The minimum atomic E-state index is 0.101. The molecule has 108 valence electrons. The summed E-state index contributed by atoms with van der Waals surface area (Å²) >= 11 is 1.84. The van der Waals surface area contributed by atoms with Crippen LogP contribution in [-0.4, -0.2) is 11.5 Å². The lowest BCUT2D eigenvalue weighted by Crippen LogP contribution is -2.54. The van der Waals surface area contributed by atoms with Crippen molar-refractivity contribution in [3.63, 3.8) is 0 Å². The van der Waals surface area contributed by atoms with Gasteiger partial charge in [-0.2, -0.15) is 0 Å². The van der Waals surface area contributed by atoms with E-state index in [0.717, 1.165) is 12.2 Å². The molecule has 0 saturated heterocycles. The number of nitrogens with one attached hydrogen (secondary N) is 1. The third-order valence-corrected chi connectivity index (χ3v) is 5.58. The van der Waals surface area contributed by atoms with Gasteiger partial charge in [-0.1, -0.05) is 40.5 Å². The lowest BCUT2D eigenvalue weighted by Gasteiger charge is -2.49. The molecule has 1 saturated carbocycles. The van der Waals surface area contributed by atoms with Crippen LogP contribution in [0.1, 0.15) is 64.1 Å². The summed E-state index contributed by atoms with van der Waals surface area (Å²) in [5, 5.41) is 7.34. The molecule has 0 bridgehead atoms. The Morgan fingerprint density at radius 2 is 2.16 bits per heavy atom. The first kappa shape index (κ1) is 15.0. The summed E-state index contributed by atoms with van der Waals surface area (Å²) < 4.78 is 0. The molecule has 2 atom stereocenters. The van der Waals surface area contributed by atoms with E-state index in [2.05, 4.69) is 45.3 Å². The zero-order valence-corrected chi connectivity index (χ0v) is 13.9. The molecule has 1 aromatic rings. The second-order valence-electron chi connectivity index (χ2n) is 6.96. The van der Waals surface area contributed by atoms with E-state index < -0.39 is 0 Å². The van der Waals surface area contributed by atoms with Crippen LogP contribution in [-0.2, 0) is 5.54 Å². The summed E-state index contributed by atoms with van der Waals surface area (Å²) in [6, 6.07) is 0. The molecule has 0 aromatic carbocycles. The summed E-state index contributed by atoms with van der Waals surface area (Å²) in [5.74, 6) is 0.666. The predicted molar refractivity (Wildman–Crippen MR) is 83.6 cm³/mol. The van der Waals surface area contributed by atoms with E-state index in [-0.39, 0.29) is 5.54 Å². The number of aryl methyl sites for hydroxylation is 1. The molecular formula is C16H28N2S. The Bertz CT molecular complexity index is 415. The third-order valence-electron chi connectivity index (χ3n) is 4.45. The first-order valence-corrected chi connectivity index (χ1v) is 8.46. The van der Waals surface area contributed by atoms with Gasteiger partial charge in [0.1, 0.15) is 5.01 Å². The van der Waals surface area contributed by atoms with Crippen molar-refractivity contribution in [2.45, 2.75) is 65.8 Å². The monoisotopic (exact) mass is 280 g/mol. The van der Waals surface area contributed by atoms with Crippen molar-refractivity contribution in [1.29, 1.82) is 0 Å². The molecule has 1 aromatic heterocycles. The highest BCUT2D eigenvalue weighted by Gasteiger charge is 2.48.